The van der Waals surface area contributed by atoms with E-state index in [1.807, 2.05) is 0 Å². The van der Waals surface area contributed by atoms with Gasteiger partial charge in [-0.1, -0.05) is 26.7 Å². The Hall–Kier alpha value is -2.05. The van der Waals surface area contributed by atoms with Crippen LogP contribution in [-0.4, -0.2) is 35.6 Å². The minimum Gasteiger partial charge on any atom is -0.243 e. The van der Waals surface area contributed by atoms with E-state index in [0.29, 0.717) is 5.82 Å². The predicted octanol–water partition coefficient (Wildman–Crippen LogP) is 2.07. The molecule has 0 unspecified atom stereocenters. The molecule has 7 nitrogen and oxygen atoms in total. The lowest BCUT2D eigenvalue weighted by Gasteiger charge is -2.01. The van der Waals surface area contributed by atoms with Gasteiger partial charge in [-0.2, -0.15) is 14.5 Å². The standard InChI is InChI=1S/C13H20N6O/c1-3-5-6-8-11-16-12(7-4-2)19(17-11)13(20)18-10-14-9-15-18/h9-10H,3-8H2,1-2H3. The maximum Gasteiger partial charge on any atom is 0.372 e. The Balaban J connectivity index is 2.19. The SMILES string of the molecule is CCCCCc1nc(CCC)n(C(=O)n2cncn2)n1. The summed E-state index contributed by atoms with van der Waals surface area (Å²) < 4.78 is 2.52. The third-order valence-electron chi connectivity index (χ3n) is 2.99. The van der Waals surface area contributed by atoms with Gasteiger partial charge in [-0.3, -0.25) is 0 Å². The van der Waals surface area contributed by atoms with Gasteiger partial charge in [0.1, 0.15) is 18.5 Å². The van der Waals surface area contributed by atoms with E-state index in [1.165, 1.54) is 22.0 Å². The van der Waals surface area contributed by atoms with Crippen LogP contribution in [0.25, 0.3) is 0 Å². The van der Waals surface area contributed by atoms with Gasteiger partial charge in [-0.25, -0.2) is 14.8 Å². The molecule has 0 spiro atoms. The maximum atomic E-state index is 12.3. The normalized spacial score (nSPS) is 10.9. The number of aryl methyl sites for hydroxylation is 2. The van der Waals surface area contributed by atoms with Crippen LogP contribution >= 0.6 is 0 Å². The summed E-state index contributed by atoms with van der Waals surface area (Å²) in [4.78, 5) is 20.5. The highest BCUT2D eigenvalue weighted by atomic mass is 16.2. The van der Waals surface area contributed by atoms with Crippen LogP contribution in [0, 0.1) is 0 Å². The second-order valence-corrected chi connectivity index (χ2v) is 4.69. The van der Waals surface area contributed by atoms with Gasteiger partial charge in [0.25, 0.3) is 0 Å². The molecule has 108 valence electrons. The monoisotopic (exact) mass is 276 g/mol. The van der Waals surface area contributed by atoms with Gasteiger partial charge in [0.2, 0.25) is 0 Å². The summed E-state index contributed by atoms with van der Waals surface area (Å²) in [6, 6.07) is -0.333. The lowest BCUT2D eigenvalue weighted by atomic mass is 10.2. The first-order valence-corrected chi connectivity index (χ1v) is 7.10. The number of carbonyl (C=O) groups excluding carboxylic acids is 1. The van der Waals surface area contributed by atoms with Crippen molar-refractivity contribution in [2.45, 2.75) is 52.4 Å². The summed E-state index contributed by atoms with van der Waals surface area (Å²) in [6.45, 7) is 4.21. The molecule has 2 rings (SSSR count). The number of hydrogen-bond acceptors (Lipinski definition) is 5. The van der Waals surface area contributed by atoms with Gasteiger partial charge >= 0.3 is 6.03 Å². The summed E-state index contributed by atoms with van der Waals surface area (Å²) >= 11 is 0. The van der Waals surface area contributed by atoms with E-state index in [0.717, 1.165) is 44.3 Å². The fourth-order valence-corrected chi connectivity index (χ4v) is 1.97. The summed E-state index contributed by atoms with van der Waals surface area (Å²) in [6.07, 6.45) is 8.49. The summed E-state index contributed by atoms with van der Waals surface area (Å²) in [5, 5.41) is 8.17. The lowest BCUT2D eigenvalue weighted by Crippen LogP contribution is -2.23. The molecule has 0 saturated carbocycles. The zero-order valence-corrected chi connectivity index (χ0v) is 12.0. The number of carbonyl (C=O) groups is 1. The largest absolute Gasteiger partial charge is 0.372 e. The molecule has 0 aromatic carbocycles. The van der Waals surface area contributed by atoms with Crippen molar-refractivity contribution in [2.75, 3.05) is 0 Å². The van der Waals surface area contributed by atoms with Crippen molar-refractivity contribution in [3.63, 3.8) is 0 Å². The average molecular weight is 276 g/mol. The highest BCUT2D eigenvalue weighted by molar-refractivity contribution is 5.77. The molecule has 0 aliphatic heterocycles. The Morgan fingerprint density at radius 2 is 2.05 bits per heavy atom. The zero-order valence-electron chi connectivity index (χ0n) is 12.0. The van der Waals surface area contributed by atoms with Crippen LogP contribution in [-0.2, 0) is 12.8 Å². The highest BCUT2D eigenvalue weighted by Gasteiger charge is 2.17. The van der Waals surface area contributed by atoms with Crippen molar-refractivity contribution in [3.05, 3.63) is 24.3 Å². The molecule has 0 saturated heterocycles. The van der Waals surface area contributed by atoms with Crippen LogP contribution in [0.4, 0.5) is 4.79 Å². The van der Waals surface area contributed by atoms with Crippen LogP contribution in [0.5, 0.6) is 0 Å². The Bertz CT molecular complexity index is 545. The second kappa shape index (κ2) is 6.93. The molecule has 0 bridgehead atoms. The molecule has 0 N–H and O–H groups in total. The molecule has 2 aromatic heterocycles. The predicted molar refractivity (Wildman–Crippen MR) is 73.5 cm³/mol. The first-order chi connectivity index (χ1) is 9.76. The molecule has 2 aromatic rings. The summed E-state index contributed by atoms with van der Waals surface area (Å²) in [7, 11) is 0. The first-order valence-electron chi connectivity index (χ1n) is 7.10. The van der Waals surface area contributed by atoms with E-state index >= 15 is 0 Å². The van der Waals surface area contributed by atoms with Crippen LogP contribution in [0.1, 0.15) is 51.2 Å². The molecule has 2 heterocycles. The summed E-state index contributed by atoms with van der Waals surface area (Å²) in [5.74, 6) is 1.43. The van der Waals surface area contributed by atoms with Crippen LogP contribution in [0.3, 0.4) is 0 Å². The van der Waals surface area contributed by atoms with Crippen molar-refractivity contribution in [1.29, 1.82) is 0 Å². The van der Waals surface area contributed by atoms with Crippen LogP contribution < -0.4 is 0 Å². The van der Waals surface area contributed by atoms with E-state index in [1.54, 1.807) is 0 Å². The molecule has 7 heteroatoms. The number of rotatable bonds is 6. The lowest BCUT2D eigenvalue weighted by molar-refractivity contribution is 0.237. The van der Waals surface area contributed by atoms with Gasteiger partial charge < -0.3 is 0 Å². The molecular weight excluding hydrogens is 256 g/mol. The third-order valence-corrected chi connectivity index (χ3v) is 2.99. The second-order valence-electron chi connectivity index (χ2n) is 4.69. The maximum absolute atomic E-state index is 12.3. The van der Waals surface area contributed by atoms with Gasteiger partial charge in [0, 0.05) is 12.8 Å². The van der Waals surface area contributed by atoms with Gasteiger partial charge in [-0.05, 0) is 12.8 Å². The zero-order chi connectivity index (χ0) is 14.4. The van der Waals surface area contributed by atoms with Crippen molar-refractivity contribution < 1.29 is 4.79 Å². The van der Waals surface area contributed by atoms with E-state index in [-0.39, 0.29) is 6.03 Å². The van der Waals surface area contributed by atoms with Gasteiger partial charge in [0.05, 0.1) is 0 Å². The molecule has 20 heavy (non-hydrogen) atoms. The average Bonchev–Trinajstić information content (AvgIpc) is 3.08. The quantitative estimate of drug-likeness (QED) is 0.755. The molecular formula is C13H20N6O. The molecule has 0 radical (unpaired) electrons. The van der Waals surface area contributed by atoms with Crippen molar-refractivity contribution in [3.8, 4) is 0 Å². The minimum atomic E-state index is -0.333. The van der Waals surface area contributed by atoms with Crippen molar-refractivity contribution >= 4 is 6.03 Å². The van der Waals surface area contributed by atoms with E-state index in [4.69, 9.17) is 0 Å². The molecule has 0 aliphatic carbocycles. The van der Waals surface area contributed by atoms with Crippen LogP contribution in [0.2, 0.25) is 0 Å². The smallest absolute Gasteiger partial charge is 0.243 e. The third kappa shape index (κ3) is 3.28. The molecule has 0 amide bonds. The Kier molecular flexibility index (Phi) is 4.97. The van der Waals surface area contributed by atoms with Crippen molar-refractivity contribution in [2.24, 2.45) is 0 Å². The van der Waals surface area contributed by atoms with E-state index < -0.39 is 0 Å². The fraction of sp³-hybridized carbons (Fsp3) is 0.615. The number of aromatic nitrogens is 6. The Morgan fingerprint density at radius 3 is 2.70 bits per heavy atom. The summed E-state index contributed by atoms with van der Waals surface area (Å²) in [5.41, 5.74) is 0. The minimum absolute atomic E-state index is 0.333. The molecule has 0 fully saturated rings. The first kappa shape index (κ1) is 14.4. The topological polar surface area (TPSA) is 78.5 Å². The van der Waals surface area contributed by atoms with E-state index in [9.17, 15) is 4.79 Å². The Morgan fingerprint density at radius 1 is 1.20 bits per heavy atom. The molecule has 0 atom stereocenters. The fourth-order valence-electron chi connectivity index (χ4n) is 1.97. The number of nitrogens with zero attached hydrogens (tertiary/aromatic N) is 6. The Labute approximate surface area is 118 Å². The van der Waals surface area contributed by atoms with Crippen LogP contribution in [0.15, 0.2) is 12.7 Å². The van der Waals surface area contributed by atoms with Crippen molar-refractivity contribution in [1.82, 2.24) is 29.5 Å². The van der Waals surface area contributed by atoms with Gasteiger partial charge in [-0.15, -0.1) is 5.10 Å². The number of unbranched alkanes of at least 4 members (excludes halogenated alkanes) is 2. The van der Waals surface area contributed by atoms with E-state index in [2.05, 4.69) is 34.0 Å². The molecule has 0 aliphatic rings. The number of hydrogen-bond donors (Lipinski definition) is 0. The van der Waals surface area contributed by atoms with Gasteiger partial charge in [0.15, 0.2) is 5.82 Å². The highest BCUT2D eigenvalue weighted by Crippen LogP contribution is 2.07.